The van der Waals surface area contributed by atoms with Gasteiger partial charge in [0.25, 0.3) is 5.91 Å². The molecule has 0 bridgehead atoms. The Hall–Kier alpha value is -3.11. The van der Waals surface area contributed by atoms with Crippen LogP contribution in [0.5, 0.6) is 5.75 Å². The van der Waals surface area contributed by atoms with Gasteiger partial charge in [0.1, 0.15) is 5.75 Å². The molecule has 3 fully saturated rings. The van der Waals surface area contributed by atoms with Gasteiger partial charge in [0.15, 0.2) is 5.79 Å². The van der Waals surface area contributed by atoms with Crippen LogP contribution in [0.3, 0.4) is 0 Å². The summed E-state index contributed by atoms with van der Waals surface area (Å²) in [6.07, 6.45) is 3.17. The lowest BCUT2D eigenvalue weighted by molar-refractivity contribution is -0.169. The molecule has 0 aliphatic carbocycles. The average Bonchev–Trinajstić information content (AvgIpc) is 3.36. The third-order valence-corrected chi connectivity index (χ3v) is 7.12. The lowest BCUT2D eigenvalue weighted by Gasteiger charge is -2.40. The van der Waals surface area contributed by atoms with Gasteiger partial charge in [-0.25, -0.2) is 4.79 Å². The number of urea groups is 1. The van der Waals surface area contributed by atoms with Crippen LogP contribution in [-0.2, 0) is 9.47 Å². The Labute approximate surface area is 205 Å². The van der Waals surface area contributed by atoms with E-state index >= 15 is 0 Å². The van der Waals surface area contributed by atoms with Crippen LogP contribution >= 0.6 is 0 Å². The Kier molecular flexibility index (Phi) is 6.66. The Morgan fingerprint density at radius 2 is 1.74 bits per heavy atom. The van der Waals surface area contributed by atoms with Gasteiger partial charge in [-0.3, -0.25) is 9.78 Å². The van der Waals surface area contributed by atoms with Crippen LogP contribution in [0.4, 0.5) is 10.5 Å². The van der Waals surface area contributed by atoms with Gasteiger partial charge in [0.05, 0.1) is 37.1 Å². The van der Waals surface area contributed by atoms with E-state index < -0.39 is 5.79 Å². The summed E-state index contributed by atoms with van der Waals surface area (Å²) in [5.74, 6) is 0.165. The molecule has 3 amide bonds. The van der Waals surface area contributed by atoms with Crippen LogP contribution in [0.15, 0.2) is 24.4 Å². The minimum Gasteiger partial charge on any atom is -0.497 e. The second-order valence-electron chi connectivity index (χ2n) is 9.11. The molecule has 0 saturated carbocycles. The van der Waals surface area contributed by atoms with E-state index in [2.05, 4.69) is 15.2 Å². The topological polar surface area (TPSA) is 96.5 Å². The summed E-state index contributed by atoms with van der Waals surface area (Å²) in [5, 5.41) is 3.75. The lowest BCUT2D eigenvalue weighted by Crippen LogP contribution is -2.53. The molecule has 3 aliphatic rings. The summed E-state index contributed by atoms with van der Waals surface area (Å²) in [4.78, 5) is 36.4. The van der Waals surface area contributed by atoms with E-state index in [1.54, 1.807) is 18.2 Å². The molecule has 0 radical (unpaired) electrons. The number of fused-ring (bicyclic) bond motifs is 1. The van der Waals surface area contributed by atoms with Crippen LogP contribution in [0.1, 0.15) is 30.1 Å². The van der Waals surface area contributed by atoms with Crippen molar-refractivity contribution in [3.05, 3.63) is 30.0 Å². The number of hydrogen-bond acceptors (Lipinski definition) is 7. The number of carbonyl (C=O) groups excluding carboxylic acids is 2. The fraction of sp³-hybridized carbons (Fsp3) is 0.560. The lowest BCUT2D eigenvalue weighted by atomic mass is 9.99. The van der Waals surface area contributed by atoms with E-state index in [0.717, 1.165) is 48.3 Å². The first kappa shape index (κ1) is 23.6. The van der Waals surface area contributed by atoms with Gasteiger partial charge < -0.3 is 34.2 Å². The molecule has 10 heteroatoms. The molecule has 10 nitrogen and oxygen atoms in total. The summed E-state index contributed by atoms with van der Waals surface area (Å²) in [6, 6.07) is 5.70. The van der Waals surface area contributed by atoms with Crippen LogP contribution in [0.2, 0.25) is 0 Å². The molecule has 188 valence electrons. The van der Waals surface area contributed by atoms with Crippen molar-refractivity contribution < 1.29 is 23.8 Å². The maximum Gasteiger partial charge on any atom is 0.317 e. The number of methoxy groups -OCH3 is 1. The Morgan fingerprint density at radius 1 is 1.06 bits per heavy atom. The number of piperazine rings is 1. The van der Waals surface area contributed by atoms with Gasteiger partial charge in [0.2, 0.25) is 0 Å². The van der Waals surface area contributed by atoms with Gasteiger partial charge in [-0.05, 0) is 19.1 Å². The molecule has 4 heterocycles. The zero-order chi connectivity index (χ0) is 24.4. The number of pyridine rings is 1. The molecular formula is C25H33N5O5. The smallest absolute Gasteiger partial charge is 0.317 e. The second-order valence-corrected chi connectivity index (χ2v) is 9.11. The van der Waals surface area contributed by atoms with Gasteiger partial charge in [-0.1, -0.05) is 0 Å². The highest BCUT2D eigenvalue weighted by molar-refractivity contribution is 6.07. The van der Waals surface area contributed by atoms with Crippen molar-refractivity contribution >= 4 is 28.5 Å². The summed E-state index contributed by atoms with van der Waals surface area (Å²) in [7, 11) is 1.63. The normalized spacial score (nSPS) is 19.9. The molecule has 5 rings (SSSR count). The molecule has 1 spiro atoms. The summed E-state index contributed by atoms with van der Waals surface area (Å²) in [5.41, 5.74) is 2.26. The van der Waals surface area contributed by atoms with E-state index in [1.807, 2.05) is 30.0 Å². The first-order valence-corrected chi connectivity index (χ1v) is 12.4. The molecule has 1 aromatic heterocycles. The molecule has 1 aromatic carbocycles. The number of benzene rings is 1. The number of nitrogens with zero attached hydrogens (tertiary/aromatic N) is 4. The molecule has 2 aromatic rings. The average molecular weight is 484 g/mol. The fourth-order valence-corrected chi connectivity index (χ4v) is 5.19. The summed E-state index contributed by atoms with van der Waals surface area (Å²) < 4.78 is 17.2. The summed E-state index contributed by atoms with van der Waals surface area (Å²) >= 11 is 0. The quantitative estimate of drug-likeness (QED) is 0.711. The largest absolute Gasteiger partial charge is 0.497 e. The number of rotatable bonds is 4. The zero-order valence-electron chi connectivity index (χ0n) is 20.4. The van der Waals surface area contributed by atoms with Gasteiger partial charge >= 0.3 is 6.03 Å². The number of hydrogen-bond donors (Lipinski definition) is 1. The molecule has 0 unspecified atom stereocenters. The predicted octanol–water partition coefficient (Wildman–Crippen LogP) is 2.07. The first-order valence-electron chi connectivity index (χ1n) is 12.4. The number of carbonyl (C=O) groups is 2. The van der Waals surface area contributed by atoms with E-state index in [9.17, 15) is 9.59 Å². The van der Waals surface area contributed by atoms with Crippen molar-refractivity contribution in [1.29, 1.82) is 0 Å². The van der Waals surface area contributed by atoms with Crippen molar-refractivity contribution in [1.82, 2.24) is 20.1 Å². The third-order valence-electron chi connectivity index (χ3n) is 7.12. The Morgan fingerprint density at radius 3 is 2.40 bits per heavy atom. The van der Waals surface area contributed by atoms with Crippen molar-refractivity contribution in [2.24, 2.45) is 0 Å². The number of aromatic nitrogens is 1. The standard InChI is InChI=1S/C25H33N5O5/c1-3-26-24(32)30-12-10-29(11-13-30)23(31)20-17-27-21-16-18(33-2)4-5-19(21)22(20)28-8-6-25(7-9-28)34-14-15-35-25/h4-5,16-17H,3,6-15H2,1-2H3,(H,26,32). The highest BCUT2D eigenvalue weighted by Gasteiger charge is 2.41. The highest BCUT2D eigenvalue weighted by atomic mass is 16.7. The third kappa shape index (κ3) is 4.60. The molecule has 35 heavy (non-hydrogen) atoms. The van der Waals surface area contributed by atoms with Crippen molar-refractivity contribution in [2.45, 2.75) is 25.6 Å². The minimum atomic E-state index is -0.498. The van der Waals surface area contributed by atoms with Gasteiger partial charge in [-0.15, -0.1) is 0 Å². The van der Waals surface area contributed by atoms with Crippen LogP contribution in [0, 0.1) is 0 Å². The fourth-order valence-electron chi connectivity index (χ4n) is 5.19. The maximum absolute atomic E-state index is 13.7. The predicted molar refractivity (Wildman–Crippen MR) is 131 cm³/mol. The van der Waals surface area contributed by atoms with E-state index in [4.69, 9.17) is 14.2 Å². The van der Waals surface area contributed by atoms with E-state index in [1.165, 1.54) is 0 Å². The number of ether oxygens (including phenoxy) is 3. The van der Waals surface area contributed by atoms with Crippen molar-refractivity contribution in [3.63, 3.8) is 0 Å². The molecule has 1 N–H and O–H groups in total. The summed E-state index contributed by atoms with van der Waals surface area (Å²) in [6.45, 7) is 7.16. The van der Waals surface area contributed by atoms with Crippen LogP contribution in [0.25, 0.3) is 10.9 Å². The van der Waals surface area contributed by atoms with Crippen molar-refractivity contribution in [2.75, 3.05) is 71.0 Å². The van der Waals surface area contributed by atoms with Gasteiger partial charge in [0, 0.05) is 76.3 Å². The van der Waals surface area contributed by atoms with Crippen LogP contribution < -0.4 is 15.0 Å². The maximum atomic E-state index is 13.7. The van der Waals surface area contributed by atoms with E-state index in [-0.39, 0.29) is 11.9 Å². The first-order chi connectivity index (χ1) is 17.0. The Bertz CT molecular complexity index is 1090. The SMILES string of the molecule is CCNC(=O)N1CCN(C(=O)c2cnc3cc(OC)ccc3c2N2CCC3(CC2)OCCO3)CC1. The number of piperidine rings is 1. The van der Waals surface area contributed by atoms with Crippen LogP contribution in [-0.4, -0.2) is 98.6 Å². The second kappa shape index (κ2) is 9.87. The number of anilines is 1. The molecule has 3 aliphatic heterocycles. The van der Waals surface area contributed by atoms with E-state index in [0.29, 0.717) is 51.5 Å². The van der Waals surface area contributed by atoms with Crippen molar-refractivity contribution in [3.8, 4) is 5.75 Å². The highest BCUT2D eigenvalue weighted by Crippen LogP contribution is 2.38. The Balaban J connectivity index is 1.42. The molecule has 3 saturated heterocycles. The number of nitrogens with one attached hydrogen (secondary N) is 1. The minimum absolute atomic E-state index is 0.0607. The zero-order valence-corrected chi connectivity index (χ0v) is 20.4. The number of amides is 3. The molecular weight excluding hydrogens is 450 g/mol. The monoisotopic (exact) mass is 483 g/mol. The molecule has 0 atom stereocenters. The van der Waals surface area contributed by atoms with Gasteiger partial charge in [-0.2, -0.15) is 0 Å².